The number of nitro groups is 1. The highest BCUT2D eigenvalue weighted by Crippen LogP contribution is 2.35. The fourth-order valence-corrected chi connectivity index (χ4v) is 5.09. The summed E-state index contributed by atoms with van der Waals surface area (Å²) in [6.45, 7) is 0. The predicted octanol–water partition coefficient (Wildman–Crippen LogP) is 4.01. The number of non-ortho nitro benzene ring substituents is 1. The van der Waals surface area contributed by atoms with Gasteiger partial charge in [0, 0.05) is 40.7 Å². The number of aromatic nitrogens is 3. The van der Waals surface area contributed by atoms with E-state index in [0.717, 1.165) is 30.6 Å². The van der Waals surface area contributed by atoms with E-state index < -0.39 is 4.92 Å². The molecule has 1 amide bonds. The number of nitrogens with one attached hydrogen (secondary N) is 1. The van der Waals surface area contributed by atoms with E-state index in [9.17, 15) is 14.9 Å². The van der Waals surface area contributed by atoms with Gasteiger partial charge >= 0.3 is 0 Å². The van der Waals surface area contributed by atoms with Crippen LogP contribution in [0.4, 0.5) is 5.69 Å². The van der Waals surface area contributed by atoms with E-state index in [2.05, 4.69) is 19.9 Å². The average molecular weight is 446 g/mol. The summed E-state index contributed by atoms with van der Waals surface area (Å²) in [7, 11) is 0. The van der Waals surface area contributed by atoms with Gasteiger partial charge in [-0.3, -0.25) is 24.3 Å². The van der Waals surface area contributed by atoms with Gasteiger partial charge in [-0.15, -0.1) is 11.3 Å². The largest absolute Gasteiger partial charge is 0.285 e. The molecule has 32 heavy (non-hydrogen) atoms. The Bertz CT molecular complexity index is 1360. The van der Waals surface area contributed by atoms with Crippen LogP contribution in [0.1, 0.15) is 39.5 Å². The molecule has 0 saturated carbocycles. The molecule has 5 rings (SSSR count). The van der Waals surface area contributed by atoms with Crippen molar-refractivity contribution in [2.45, 2.75) is 25.7 Å². The number of pyridine rings is 1. The highest BCUT2D eigenvalue weighted by atomic mass is 32.1. The molecule has 0 fully saturated rings. The highest BCUT2D eigenvalue weighted by Gasteiger charge is 2.23. The number of imidazole rings is 1. The Morgan fingerprint density at radius 3 is 2.94 bits per heavy atom. The average Bonchev–Trinajstić information content (AvgIpc) is 3.36. The summed E-state index contributed by atoms with van der Waals surface area (Å²) in [6, 6.07) is 9.71. The van der Waals surface area contributed by atoms with Crippen LogP contribution >= 0.6 is 11.3 Å². The maximum atomic E-state index is 12.3. The molecule has 0 unspecified atom stereocenters. The summed E-state index contributed by atoms with van der Waals surface area (Å²) in [4.78, 5) is 34.0. The number of hydrogen-bond donors (Lipinski definition) is 1. The number of fused-ring (bicyclic) bond motifs is 3. The van der Waals surface area contributed by atoms with Gasteiger partial charge < -0.3 is 0 Å². The number of hydrazone groups is 1. The van der Waals surface area contributed by atoms with Gasteiger partial charge in [0.15, 0.2) is 4.96 Å². The van der Waals surface area contributed by atoms with Crippen molar-refractivity contribution in [3.63, 3.8) is 0 Å². The van der Waals surface area contributed by atoms with Crippen molar-refractivity contribution < 1.29 is 9.72 Å². The van der Waals surface area contributed by atoms with Gasteiger partial charge in [-0.1, -0.05) is 12.1 Å². The second kappa shape index (κ2) is 8.31. The lowest BCUT2D eigenvalue weighted by atomic mass is 10.0. The van der Waals surface area contributed by atoms with E-state index in [-0.39, 0.29) is 11.6 Å². The van der Waals surface area contributed by atoms with Crippen LogP contribution in [-0.4, -0.2) is 31.4 Å². The number of carbonyl (C=O) groups is 1. The third-order valence-electron chi connectivity index (χ3n) is 5.36. The Kier molecular flexibility index (Phi) is 5.20. The first-order chi connectivity index (χ1) is 15.6. The van der Waals surface area contributed by atoms with Gasteiger partial charge in [-0.25, -0.2) is 10.4 Å². The molecular formula is C22H18N6O3S. The van der Waals surface area contributed by atoms with E-state index in [1.165, 1.54) is 28.9 Å². The standard InChI is InChI=1S/C22H18N6O3S/c29-21(15-6-4-10-23-12-15)26-24-13-18-20(14-5-3-7-16(11-14)28(30)31)25-22-27(18)17-8-1-2-9-19(17)32-22/h3-7,10-13H,1-2,8-9H2,(H,26,29). The first kappa shape index (κ1) is 20.0. The molecule has 9 nitrogen and oxygen atoms in total. The second-order valence-electron chi connectivity index (χ2n) is 7.39. The van der Waals surface area contributed by atoms with Crippen molar-refractivity contribution in [3.8, 4) is 11.3 Å². The SMILES string of the molecule is O=C(NN=Cc1c(-c2cccc([N+](=O)[O-])c2)nc2sc3c(n12)CCCC3)c1cccnc1. The molecule has 1 aliphatic rings. The van der Waals surface area contributed by atoms with Gasteiger partial charge in [-0.2, -0.15) is 5.10 Å². The van der Waals surface area contributed by atoms with E-state index in [0.29, 0.717) is 22.5 Å². The lowest BCUT2D eigenvalue weighted by molar-refractivity contribution is -0.384. The molecule has 160 valence electrons. The predicted molar refractivity (Wildman–Crippen MR) is 121 cm³/mol. The van der Waals surface area contributed by atoms with E-state index >= 15 is 0 Å². The summed E-state index contributed by atoms with van der Waals surface area (Å²) in [5.74, 6) is -0.376. The molecular weight excluding hydrogens is 428 g/mol. The molecule has 0 aliphatic heterocycles. The zero-order valence-corrected chi connectivity index (χ0v) is 17.7. The number of nitrogens with zero attached hydrogens (tertiary/aromatic N) is 5. The number of carbonyl (C=O) groups excluding carboxylic acids is 1. The summed E-state index contributed by atoms with van der Waals surface area (Å²) in [5, 5.41) is 15.4. The molecule has 10 heteroatoms. The fourth-order valence-electron chi connectivity index (χ4n) is 3.87. The number of amides is 1. The van der Waals surface area contributed by atoms with Crippen molar-refractivity contribution in [2.24, 2.45) is 5.10 Å². The van der Waals surface area contributed by atoms with Crippen LogP contribution in [-0.2, 0) is 12.8 Å². The molecule has 1 N–H and O–H groups in total. The number of benzene rings is 1. The van der Waals surface area contributed by atoms with Crippen molar-refractivity contribution in [2.75, 3.05) is 0 Å². The van der Waals surface area contributed by atoms with Crippen LogP contribution in [0.5, 0.6) is 0 Å². The third-order valence-corrected chi connectivity index (χ3v) is 6.51. The Labute approximate surface area is 186 Å². The molecule has 1 aromatic carbocycles. The molecule has 3 heterocycles. The summed E-state index contributed by atoms with van der Waals surface area (Å²) < 4.78 is 2.06. The number of thiazole rings is 1. The summed E-state index contributed by atoms with van der Waals surface area (Å²) >= 11 is 1.64. The van der Waals surface area contributed by atoms with E-state index in [1.54, 1.807) is 48.0 Å². The van der Waals surface area contributed by atoms with Gasteiger partial charge in [0.05, 0.1) is 28.1 Å². The Balaban J connectivity index is 1.58. The highest BCUT2D eigenvalue weighted by molar-refractivity contribution is 7.17. The zero-order valence-electron chi connectivity index (χ0n) is 16.9. The smallest absolute Gasteiger partial charge is 0.272 e. The van der Waals surface area contributed by atoms with Crippen LogP contribution in [0.3, 0.4) is 0 Å². The Hall–Kier alpha value is -3.92. The monoisotopic (exact) mass is 446 g/mol. The van der Waals surface area contributed by atoms with Crippen molar-refractivity contribution in [3.05, 3.63) is 80.7 Å². The van der Waals surface area contributed by atoms with Crippen LogP contribution < -0.4 is 5.43 Å². The molecule has 3 aromatic heterocycles. The van der Waals surface area contributed by atoms with Crippen LogP contribution in [0.25, 0.3) is 16.2 Å². The van der Waals surface area contributed by atoms with Gasteiger partial charge in [-0.05, 0) is 37.8 Å². The maximum absolute atomic E-state index is 12.3. The quantitative estimate of drug-likeness (QED) is 0.283. The van der Waals surface area contributed by atoms with Crippen molar-refractivity contribution in [1.82, 2.24) is 19.8 Å². The molecule has 0 atom stereocenters. The van der Waals surface area contributed by atoms with E-state index in [4.69, 9.17) is 4.98 Å². The number of rotatable bonds is 5. The molecule has 4 aromatic rings. The lowest BCUT2D eigenvalue weighted by Gasteiger charge is -2.11. The summed E-state index contributed by atoms with van der Waals surface area (Å²) in [5.41, 5.74) is 6.02. The van der Waals surface area contributed by atoms with Gasteiger partial charge in [0.1, 0.15) is 0 Å². The van der Waals surface area contributed by atoms with Crippen LogP contribution in [0, 0.1) is 10.1 Å². The third kappa shape index (κ3) is 3.65. The van der Waals surface area contributed by atoms with Crippen LogP contribution in [0.2, 0.25) is 0 Å². The van der Waals surface area contributed by atoms with E-state index in [1.807, 2.05) is 0 Å². The van der Waals surface area contributed by atoms with Gasteiger partial charge in [0.25, 0.3) is 11.6 Å². The second-order valence-corrected chi connectivity index (χ2v) is 8.45. The molecule has 0 spiro atoms. The minimum absolute atomic E-state index is 0.00588. The van der Waals surface area contributed by atoms with Gasteiger partial charge in [0.2, 0.25) is 0 Å². The number of hydrogen-bond acceptors (Lipinski definition) is 7. The normalized spacial score (nSPS) is 13.4. The summed E-state index contributed by atoms with van der Waals surface area (Å²) in [6.07, 6.45) is 8.81. The topological polar surface area (TPSA) is 115 Å². The molecule has 1 aliphatic carbocycles. The lowest BCUT2D eigenvalue weighted by Crippen LogP contribution is -2.18. The number of nitro benzene ring substituents is 1. The minimum Gasteiger partial charge on any atom is -0.285 e. The molecule has 0 saturated heterocycles. The van der Waals surface area contributed by atoms with Crippen molar-refractivity contribution >= 4 is 34.1 Å². The Morgan fingerprint density at radius 1 is 1.25 bits per heavy atom. The zero-order chi connectivity index (χ0) is 22.1. The first-order valence-corrected chi connectivity index (χ1v) is 10.9. The van der Waals surface area contributed by atoms with Crippen LogP contribution in [0.15, 0.2) is 53.9 Å². The first-order valence-electron chi connectivity index (χ1n) is 10.1. The molecule has 0 radical (unpaired) electrons. The molecule has 0 bridgehead atoms. The minimum atomic E-state index is -0.425. The van der Waals surface area contributed by atoms with Crippen molar-refractivity contribution in [1.29, 1.82) is 0 Å². The maximum Gasteiger partial charge on any atom is 0.272 e. The number of aryl methyl sites for hydroxylation is 2. The Morgan fingerprint density at radius 2 is 2.12 bits per heavy atom. The fraction of sp³-hybridized carbons (Fsp3) is 0.182.